The van der Waals surface area contributed by atoms with E-state index in [1.807, 2.05) is 49.4 Å². The Labute approximate surface area is 184 Å². The molecule has 30 heavy (non-hydrogen) atoms. The summed E-state index contributed by atoms with van der Waals surface area (Å²) < 4.78 is 5.95. The number of anilines is 1. The van der Waals surface area contributed by atoms with Gasteiger partial charge >= 0.3 is 0 Å². The van der Waals surface area contributed by atoms with Crippen LogP contribution in [0.25, 0.3) is 0 Å². The molecule has 1 unspecified atom stereocenters. The molecule has 6 heteroatoms. The number of hydrogen-bond donors (Lipinski definition) is 1. The lowest BCUT2D eigenvalue weighted by Crippen LogP contribution is -2.29. The van der Waals surface area contributed by atoms with Gasteiger partial charge in [-0.25, -0.2) is 0 Å². The summed E-state index contributed by atoms with van der Waals surface area (Å²) in [7, 11) is 3.35. The van der Waals surface area contributed by atoms with Crippen LogP contribution < -0.4 is 10.1 Å². The molecule has 0 saturated heterocycles. The van der Waals surface area contributed by atoms with E-state index in [0.717, 1.165) is 10.0 Å². The van der Waals surface area contributed by atoms with Gasteiger partial charge in [-0.15, -0.1) is 0 Å². The molecule has 3 aromatic carbocycles. The van der Waals surface area contributed by atoms with Crippen LogP contribution >= 0.6 is 15.9 Å². The summed E-state index contributed by atoms with van der Waals surface area (Å²) in [6, 6.07) is 21.6. The minimum Gasteiger partial charge on any atom is -0.496 e. The van der Waals surface area contributed by atoms with E-state index < -0.39 is 0 Å². The summed E-state index contributed by atoms with van der Waals surface area (Å²) in [4.78, 5) is 27.0. The lowest BCUT2D eigenvalue weighted by Gasteiger charge is -2.26. The first-order valence-corrected chi connectivity index (χ1v) is 10.3. The molecule has 5 nitrogen and oxygen atoms in total. The monoisotopic (exact) mass is 466 g/mol. The van der Waals surface area contributed by atoms with Crippen LogP contribution in [0.1, 0.15) is 39.2 Å². The summed E-state index contributed by atoms with van der Waals surface area (Å²) in [5.74, 6) is 0.390. The number of nitrogens with one attached hydrogen (secondary N) is 1. The molecule has 3 rings (SSSR count). The zero-order valence-electron chi connectivity index (χ0n) is 17.1. The largest absolute Gasteiger partial charge is 0.496 e. The van der Waals surface area contributed by atoms with Crippen molar-refractivity contribution < 1.29 is 14.3 Å². The van der Waals surface area contributed by atoms with Crippen LogP contribution in [0.3, 0.4) is 0 Å². The van der Waals surface area contributed by atoms with Crippen LogP contribution in [0, 0.1) is 0 Å². The predicted molar refractivity (Wildman–Crippen MR) is 122 cm³/mol. The number of halogens is 1. The summed E-state index contributed by atoms with van der Waals surface area (Å²) in [6.45, 7) is 1.95. The first-order valence-electron chi connectivity index (χ1n) is 9.47. The highest BCUT2D eigenvalue weighted by Crippen LogP contribution is 2.28. The van der Waals surface area contributed by atoms with E-state index in [4.69, 9.17) is 4.74 Å². The first kappa shape index (κ1) is 21.6. The molecule has 0 fully saturated rings. The second-order valence-electron chi connectivity index (χ2n) is 6.89. The molecule has 0 spiro atoms. The van der Waals surface area contributed by atoms with Crippen molar-refractivity contribution in [2.24, 2.45) is 0 Å². The highest BCUT2D eigenvalue weighted by Gasteiger charge is 2.20. The number of benzene rings is 3. The third-order valence-electron chi connectivity index (χ3n) is 4.96. The lowest BCUT2D eigenvalue weighted by molar-refractivity contribution is 0.0742. The van der Waals surface area contributed by atoms with Gasteiger partial charge in [0.2, 0.25) is 0 Å². The maximum Gasteiger partial charge on any atom is 0.255 e. The number of ether oxygens (including phenoxy) is 1. The van der Waals surface area contributed by atoms with Crippen molar-refractivity contribution in [3.63, 3.8) is 0 Å². The highest BCUT2D eigenvalue weighted by atomic mass is 79.9. The Kier molecular flexibility index (Phi) is 6.90. The number of hydrogen-bond acceptors (Lipinski definition) is 3. The Morgan fingerprint density at radius 1 is 0.967 bits per heavy atom. The van der Waals surface area contributed by atoms with Gasteiger partial charge in [-0.05, 0) is 70.9 Å². The Morgan fingerprint density at radius 3 is 2.37 bits per heavy atom. The highest BCUT2D eigenvalue weighted by molar-refractivity contribution is 9.10. The summed E-state index contributed by atoms with van der Waals surface area (Å²) >= 11 is 3.42. The van der Waals surface area contributed by atoms with E-state index in [0.29, 0.717) is 22.6 Å². The van der Waals surface area contributed by atoms with E-state index in [1.54, 1.807) is 49.4 Å². The second-order valence-corrected chi connectivity index (χ2v) is 7.74. The molecule has 0 bridgehead atoms. The average molecular weight is 467 g/mol. The van der Waals surface area contributed by atoms with Gasteiger partial charge < -0.3 is 15.0 Å². The minimum absolute atomic E-state index is 0.107. The van der Waals surface area contributed by atoms with E-state index in [2.05, 4.69) is 21.2 Å². The number of rotatable bonds is 6. The van der Waals surface area contributed by atoms with Gasteiger partial charge in [-0.1, -0.05) is 30.3 Å². The van der Waals surface area contributed by atoms with Crippen LogP contribution in [-0.2, 0) is 0 Å². The molecule has 0 aliphatic carbocycles. The standard InChI is InChI=1S/C24H23BrN2O3/c1-16(27(2)24(29)19-12-13-22(30-3)21(25)15-19)18-10-7-11-20(14-18)26-23(28)17-8-5-4-6-9-17/h4-16H,1-3H3,(H,26,28). The van der Waals surface area contributed by atoms with Gasteiger partial charge in [-0.2, -0.15) is 0 Å². The van der Waals surface area contributed by atoms with Crippen LogP contribution in [-0.4, -0.2) is 30.9 Å². The fourth-order valence-electron chi connectivity index (χ4n) is 3.07. The van der Waals surface area contributed by atoms with Gasteiger partial charge in [0.05, 0.1) is 17.6 Å². The number of amides is 2. The number of carbonyl (C=O) groups is 2. The Hall–Kier alpha value is -3.12. The fourth-order valence-corrected chi connectivity index (χ4v) is 3.61. The van der Waals surface area contributed by atoms with Gasteiger partial charge in [0.1, 0.15) is 5.75 Å². The first-order chi connectivity index (χ1) is 14.4. The normalized spacial score (nSPS) is 11.5. The molecule has 0 aliphatic rings. The topological polar surface area (TPSA) is 58.6 Å². The molecular weight excluding hydrogens is 444 g/mol. The molecule has 2 amide bonds. The molecule has 1 N–H and O–H groups in total. The Balaban J connectivity index is 1.75. The molecule has 0 heterocycles. The summed E-state index contributed by atoms with van der Waals surface area (Å²) in [6.07, 6.45) is 0. The summed E-state index contributed by atoms with van der Waals surface area (Å²) in [5.41, 5.74) is 2.75. The molecular formula is C24H23BrN2O3. The number of methoxy groups -OCH3 is 1. The van der Waals surface area contributed by atoms with Crippen LogP contribution in [0.4, 0.5) is 5.69 Å². The van der Waals surface area contributed by atoms with E-state index >= 15 is 0 Å². The van der Waals surface area contributed by atoms with E-state index in [9.17, 15) is 9.59 Å². The van der Waals surface area contributed by atoms with Gasteiger partial charge in [0.25, 0.3) is 11.8 Å². The zero-order chi connectivity index (χ0) is 21.7. The maximum atomic E-state index is 13.0. The van der Waals surface area contributed by atoms with Crippen LogP contribution in [0.5, 0.6) is 5.75 Å². The van der Waals surface area contributed by atoms with Crippen molar-refractivity contribution in [2.45, 2.75) is 13.0 Å². The molecule has 3 aromatic rings. The van der Waals surface area contributed by atoms with Crippen molar-refractivity contribution in [1.82, 2.24) is 4.90 Å². The lowest BCUT2D eigenvalue weighted by atomic mass is 10.0. The van der Waals surface area contributed by atoms with Crippen LogP contribution in [0.2, 0.25) is 0 Å². The molecule has 0 radical (unpaired) electrons. The van der Waals surface area contributed by atoms with E-state index in [-0.39, 0.29) is 17.9 Å². The van der Waals surface area contributed by atoms with Crippen LogP contribution in [0.15, 0.2) is 77.3 Å². The number of carbonyl (C=O) groups excluding carboxylic acids is 2. The van der Waals surface area contributed by atoms with Crippen molar-refractivity contribution in [2.75, 3.05) is 19.5 Å². The zero-order valence-corrected chi connectivity index (χ0v) is 18.6. The van der Waals surface area contributed by atoms with Crippen molar-refractivity contribution in [1.29, 1.82) is 0 Å². The second kappa shape index (κ2) is 9.59. The predicted octanol–water partition coefficient (Wildman–Crippen LogP) is 5.54. The number of nitrogens with zero attached hydrogens (tertiary/aromatic N) is 1. The minimum atomic E-state index is -0.188. The van der Waals surface area contributed by atoms with E-state index in [1.165, 1.54) is 0 Å². The van der Waals surface area contributed by atoms with Crippen molar-refractivity contribution in [3.8, 4) is 5.75 Å². The maximum absolute atomic E-state index is 13.0. The van der Waals surface area contributed by atoms with Gasteiger partial charge in [-0.3, -0.25) is 9.59 Å². The summed E-state index contributed by atoms with van der Waals surface area (Å²) in [5, 5.41) is 2.91. The van der Waals surface area contributed by atoms with Gasteiger partial charge in [0, 0.05) is 23.9 Å². The molecule has 0 aliphatic heterocycles. The smallest absolute Gasteiger partial charge is 0.255 e. The molecule has 0 aromatic heterocycles. The Bertz CT molecular complexity index is 1050. The molecule has 1 atom stereocenters. The third-order valence-corrected chi connectivity index (χ3v) is 5.58. The van der Waals surface area contributed by atoms with Crippen molar-refractivity contribution in [3.05, 3.63) is 94.0 Å². The average Bonchev–Trinajstić information content (AvgIpc) is 2.78. The molecule has 0 saturated carbocycles. The van der Waals surface area contributed by atoms with Crippen molar-refractivity contribution >= 4 is 33.4 Å². The third kappa shape index (κ3) is 4.89. The Morgan fingerprint density at radius 2 is 1.70 bits per heavy atom. The molecule has 154 valence electrons. The fraction of sp³-hybridized carbons (Fsp3) is 0.167. The van der Waals surface area contributed by atoms with Gasteiger partial charge in [0.15, 0.2) is 0 Å². The SMILES string of the molecule is COc1ccc(C(=O)N(C)C(C)c2cccc(NC(=O)c3ccccc3)c2)cc1Br. The quantitative estimate of drug-likeness (QED) is 0.518.